The van der Waals surface area contributed by atoms with Gasteiger partial charge in [0.15, 0.2) is 0 Å². The zero-order valence-corrected chi connectivity index (χ0v) is 18.5. The summed E-state index contributed by atoms with van der Waals surface area (Å²) >= 11 is 17.8. The van der Waals surface area contributed by atoms with E-state index in [0.717, 1.165) is 18.5 Å². The van der Waals surface area contributed by atoms with Gasteiger partial charge in [0.1, 0.15) is 4.90 Å². The summed E-state index contributed by atoms with van der Waals surface area (Å²) in [4.78, 5) is 1.38. The fourth-order valence-electron chi connectivity index (χ4n) is 2.60. The lowest BCUT2D eigenvalue weighted by atomic mass is 10.1. The average Bonchev–Trinajstić information content (AvgIpc) is 2.55. The number of aryl methyl sites for hydroxylation is 1. The third kappa shape index (κ3) is 6.39. The maximum absolute atomic E-state index is 12.9. The SMILES string of the molecule is CN(C)CCCc1cc(NS(=O)(=O)c2c(Cl)cc(C(F)(F)F)cc2Cl)ccc1Cl. The highest BCUT2D eigenvalue weighted by Gasteiger charge is 2.34. The van der Waals surface area contributed by atoms with Gasteiger partial charge in [-0.15, -0.1) is 0 Å². The van der Waals surface area contributed by atoms with Crippen LogP contribution in [0.3, 0.4) is 0 Å². The Morgan fingerprint density at radius 1 is 1.00 bits per heavy atom. The van der Waals surface area contributed by atoms with Crippen LogP contribution >= 0.6 is 34.8 Å². The van der Waals surface area contributed by atoms with Crippen molar-refractivity contribution in [2.45, 2.75) is 23.9 Å². The molecule has 11 heteroatoms. The molecule has 29 heavy (non-hydrogen) atoms. The molecule has 0 aliphatic heterocycles. The van der Waals surface area contributed by atoms with E-state index >= 15 is 0 Å². The molecule has 0 aromatic heterocycles. The molecule has 0 atom stereocenters. The van der Waals surface area contributed by atoms with Crippen LogP contribution in [0.25, 0.3) is 0 Å². The molecular weight excluding hydrogens is 472 g/mol. The van der Waals surface area contributed by atoms with Gasteiger partial charge < -0.3 is 4.90 Å². The summed E-state index contributed by atoms with van der Waals surface area (Å²) < 4.78 is 66.3. The summed E-state index contributed by atoms with van der Waals surface area (Å²) in [6.45, 7) is 0.822. The van der Waals surface area contributed by atoms with Gasteiger partial charge in [0.25, 0.3) is 10.0 Å². The van der Waals surface area contributed by atoms with Crippen LogP contribution in [0.2, 0.25) is 15.1 Å². The Bertz CT molecular complexity index is 973. The maximum atomic E-state index is 12.9. The summed E-state index contributed by atoms with van der Waals surface area (Å²) in [6.07, 6.45) is -3.28. The van der Waals surface area contributed by atoms with Crippen molar-refractivity contribution in [3.05, 3.63) is 56.5 Å². The Labute approximate surface area is 182 Å². The second-order valence-electron chi connectivity index (χ2n) is 6.59. The predicted octanol–water partition coefficient (Wildman–Crippen LogP) is 5.96. The highest BCUT2D eigenvalue weighted by Crippen LogP contribution is 2.38. The first-order valence-electron chi connectivity index (χ1n) is 8.33. The molecule has 1 N–H and O–H groups in total. The van der Waals surface area contributed by atoms with Crippen LogP contribution in [0.4, 0.5) is 18.9 Å². The number of rotatable bonds is 7. The molecule has 0 aliphatic carbocycles. The maximum Gasteiger partial charge on any atom is 0.416 e. The van der Waals surface area contributed by atoms with Gasteiger partial charge in [-0.3, -0.25) is 4.72 Å². The minimum Gasteiger partial charge on any atom is -0.309 e. The molecular formula is C18H18Cl3F3N2O2S. The van der Waals surface area contributed by atoms with E-state index < -0.39 is 36.7 Å². The molecule has 160 valence electrons. The summed E-state index contributed by atoms with van der Waals surface area (Å²) in [6, 6.07) is 5.61. The molecule has 0 unspecified atom stereocenters. The highest BCUT2D eigenvalue weighted by atomic mass is 35.5. The van der Waals surface area contributed by atoms with Crippen molar-refractivity contribution in [1.29, 1.82) is 0 Å². The summed E-state index contributed by atoms with van der Waals surface area (Å²) in [5.74, 6) is 0. The molecule has 0 radical (unpaired) electrons. The quantitative estimate of drug-likeness (QED) is 0.522. The normalized spacial score (nSPS) is 12.4. The molecule has 0 spiro atoms. The Kier molecular flexibility index (Phi) is 7.73. The lowest BCUT2D eigenvalue weighted by molar-refractivity contribution is -0.137. The molecule has 0 bridgehead atoms. The Balaban J connectivity index is 2.32. The van der Waals surface area contributed by atoms with E-state index in [2.05, 4.69) is 4.72 Å². The number of nitrogens with one attached hydrogen (secondary N) is 1. The lowest BCUT2D eigenvalue weighted by Crippen LogP contribution is -2.16. The Morgan fingerprint density at radius 2 is 1.59 bits per heavy atom. The van der Waals surface area contributed by atoms with Gasteiger partial charge in [0.05, 0.1) is 15.6 Å². The van der Waals surface area contributed by atoms with Gasteiger partial charge >= 0.3 is 6.18 Å². The fraction of sp³-hybridized carbons (Fsp3) is 0.333. The summed E-state index contributed by atoms with van der Waals surface area (Å²) in [5, 5.41) is -0.771. The van der Waals surface area contributed by atoms with E-state index in [4.69, 9.17) is 34.8 Å². The molecule has 2 aromatic rings. The van der Waals surface area contributed by atoms with E-state index in [1.54, 1.807) is 12.1 Å². The van der Waals surface area contributed by atoms with Gasteiger partial charge in [-0.2, -0.15) is 13.2 Å². The molecule has 0 saturated heterocycles. The van der Waals surface area contributed by atoms with Crippen molar-refractivity contribution >= 4 is 50.5 Å². The smallest absolute Gasteiger partial charge is 0.309 e. The second kappa shape index (κ2) is 9.31. The van der Waals surface area contributed by atoms with Crippen LogP contribution in [0.5, 0.6) is 0 Å². The molecule has 0 fully saturated rings. The van der Waals surface area contributed by atoms with Crippen molar-refractivity contribution in [2.24, 2.45) is 0 Å². The lowest BCUT2D eigenvalue weighted by Gasteiger charge is -2.15. The minimum atomic E-state index is -4.71. The van der Waals surface area contributed by atoms with Crippen LogP contribution < -0.4 is 4.72 Å². The number of hydrogen-bond acceptors (Lipinski definition) is 3. The van der Waals surface area contributed by atoms with Crippen molar-refractivity contribution in [3.63, 3.8) is 0 Å². The molecule has 0 amide bonds. The van der Waals surface area contributed by atoms with Gasteiger partial charge in [-0.05, 0) is 69.4 Å². The molecule has 4 nitrogen and oxygen atoms in total. The zero-order valence-electron chi connectivity index (χ0n) is 15.4. The standard InChI is InChI=1S/C18H18Cl3F3N2O2S/c1-26(2)7-3-4-11-8-13(5-6-14(11)19)25-29(27,28)17-15(20)9-12(10-16(17)21)18(22,23)24/h5-6,8-10,25H,3-4,7H2,1-2H3. The number of alkyl halides is 3. The van der Waals surface area contributed by atoms with E-state index in [0.29, 0.717) is 23.6 Å². The number of benzene rings is 2. The molecule has 2 rings (SSSR count). The van der Waals surface area contributed by atoms with Crippen LogP contribution in [-0.2, 0) is 22.6 Å². The number of nitrogens with zero attached hydrogens (tertiary/aromatic N) is 1. The molecule has 0 heterocycles. The predicted molar refractivity (Wildman–Crippen MR) is 111 cm³/mol. The third-order valence-corrected chi connectivity index (χ3v) is 6.61. The summed E-state index contributed by atoms with van der Waals surface area (Å²) in [5.41, 5.74) is -0.208. The second-order valence-corrected chi connectivity index (χ2v) is 9.43. The van der Waals surface area contributed by atoms with E-state index in [1.165, 1.54) is 6.07 Å². The number of anilines is 1. The first-order valence-corrected chi connectivity index (χ1v) is 10.9. The van der Waals surface area contributed by atoms with Crippen LogP contribution in [-0.4, -0.2) is 34.0 Å². The van der Waals surface area contributed by atoms with Gasteiger partial charge in [0.2, 0.25) is 0 Å². The average molecular weight is 490 g/mol. The number of hydrogen-bond donors (Lipinski definition) is 1. The highest BCUT2D eigenvalue weighted by molar-refractivity contribution is 7.93. The zero-order chi connectivity index (χ0) is 22.0. The van der Waals surface area contributed by atoms with Crippen molar-refractivity contribution < 1.29 is 21.6 Å². The first kappa shape index (κ1) is 24.1. The van der Waals surface area contributed by atoms with Crippen LogP contribution in [0, 0.1) is 0 Å². The van der Waals surface area contributed by atoms with Crippen LogP contribution in [0.1, 0.15) is 17.5 Å². The minimum absolute atomic E-state index is 0.196. The van der Waals surface area contributed by atoms with Gasteiger partial charge in [-0.25, -0.2) is 8.42 Å². The molecule has 2 aromatic carbocycles. The first-order chi connectivity index (χ1) is 13.3. The monoisotopic (exact) mass is 488 g/mol. The van der Waals surface area contributed by atoms with Crippen molar-refractivity contribution in [3.8, 4) is 0 Å². The van der Waals surface area contributed by atoms with Crippen molar-refractivity contribution in [1.82, 2.24) is 4.90 Å². The van der Waals surface area contributed by atoms with Gasteiger partial charge in [-0.1, -0.05) is 34.8 Å². The van der Waals surface area contributed by atoms with E-state index in [9.17, 15) is 21.6 Å². The Hall–Kier alpha value is -1.19. The largest absolute Gasteiger partial charge is 0.416 e. The molecule has 0 saturated carbocycles. The molecule has 0 aliphatic rings. The summed E-state index contributed by atoms with van der Waals surface area (Å²) in [7, 11) is -0.465. The topological polar surface area (TPSA) is 49.4 Å². The van der Waals surface area contributed by atoms with E-state index in [-0.39, 0.29) is 5.69 Å². The number of halogens is 6. The third-order valence-electron chi connectivity index (χ3n) is 3.94. The van der Waals surface area contributed by atoms with Crippen LogP contribution in [0.15, 0.2) is 35.2 Å². The van der Waals surface area contributed by atoms with Gasteiger partial charge in [0, 0.05) is 10.7 Å². The fourth-order valence-corrected chi connectivity index (χ4v) is 5.08. The Morgan fingerprint density at radius 3 is 2.10 bits per heavy atom. The number of sulfonamides is 1. The van der Waals surface area contributed by atoms with E-state index in [1.807, 2.05) is 19.0 Å². The van der Waals surface area contributed by atoms with Crippen molar-refractivity contribution in [2.75, 3.05) is 25.4 Å².